The van der Waals surface area contributed by atoms with Crippen LogP contribution in [0.1, 0.15) is 33.1 Å². The Labute approximate surface area is 108 Å². The van der Waals surface area contributed by atoms with Crippen LogP contribution in [0.2, 0.25) is 0 Å². The zero-order chi connectivity index (χ0) is 12.8. The molecule has 0 amide bonds. The van der Waals surface area contributed by atoms with Crippen LogP contribution < -0.4 is 0 Å². The fourth-order valence-electron chi connectivity index (χ4n) is 3.11. The quantitative estimate of drug-likeness (QED) is 0.789. The summed E-state index contributed by atoms with van der Waals surface area (Å²) >= 11 is 0. The van der Waals surface area contributed by atoms with Crippen LogP contribution in [0.15, 0.2) is 0 Å². The molecule has 0 aromatic heterocycles. The summed E-state index contributed by atoms with van der Waals surface area (Å²) in [7, 11) is 0. The van der Waals surface area contributed by atoms with Crippen molar-refractivity contribution in [3.05, 3.63) is 0 Å². The lowest BCUT2D eigenvalue weighted by atomic mass is 10.1. The van der Waals surface area contributed by atoms with Gasteiger partial charge in [-0.1, -0.05) is 6.42 Å². The van der Waals surface area contributed by atoms with Crippen LogP contribution in [0.4, 0.5) is 0 Å². The maximum absolute atomic E-state index is 10.3. The molecule has 4 atom stereocenters. The third-order valence-electron chi connectivity index (χ3n) is 4.00. The molecule has 3 fully saturated rings. The first-order chi connectivity index (χ1) is 8.55. The van der Waals surface area contributed by atoms with Crippen molar-refractivity contribution in [3.63, 3.8) is 0 Å². The van der Waals surface area contributed by atoms with Crippen LogP contribution in [-0.2, 0) is 14.2 Å². The fraction of sp³-hybridized carbons (Fsp3) is 1.00. The summed E-state index contributed by atoms with van der Waals surface area (Å²) in [5.74, 6) is -0.646. The summed E-state index contributed by atoms with van der Waals surface area (Å²) in [5, 5.41) is 10.3. The van der Waals surface area contributed by atoms with Gasteiger partial charge in [-0.3, -0.25) is 0 Å². The molecular formula is C13H23NO4. The zero-order valence-corrected chi connectivity index (χ0v) is 11.2. The molecular weight excluding hydrogens is 234 g/mol. The molecule has 3 rings (SSSR count). The van der Waals surface area contributed by atoms with Gasteiger partial charge in [0.15, 0.2) is 12.1 Å². The number of piperidine rings is 1. The average molecular weight is 257 g/mol. The van der Waals surface area contributed by atoms with E-state index in [4.69, 9.17) is 14.2 Å². The van der Waals surface area contributed by atoms with Crippen molar-refractivity contribution in [2.45, 2.75) is 63.5 Å². The highest BCUT2D eigenvalue weighted by atomic mass is 16.8. The number of hydrogen-bond acceptors (Lipinski definition) is 5. The van der Waals surface area contributed by atoms with Gasteiger partial charge in [-0.05, 0) is 39.8 Å². The number of ether oxygens (including phenoxy) is 3. The highest BCUT2D eigenvalue weighted by Gasteiger charge is 2.54. The van der Waals surface area contributed by atoms with E-state index in [0.29, 0.717) is 0 Å². The second-order valence-electron chi connectivity index (χ2n) is 5.99. The molecule has 3 saturated heterocycles. The third-order valence-corrected chi connectivity index (χ3v) is 4.00. The third kappa shape index (κ3) is 2.42. The maximum atomic E-state index is 10.3. The van der Waals surface area contributed by atoms with Crippen molar-refractivity contribution in [2.75, 3.05) is 19.6 Å². The lowest BCUT2D eigenvalue weighted by Gasteiger charge is -2.30. The highest BCUT2D eigenvalue weighted by Crippen LogP contribution is 2.37. The molecule has 0 aliphatic carbocycles. The molecule has 0 aromatic carbocycles. The monoisotopic (exact) mass is 257 g/mol. The van der Waals surface area contributed by atoms with Crippen LogP contribution in [0, 0.1) is 0 Å². The van der Waals surface area contributed by atoms with Crippen molar-refractivity contribution in [3.8, 4) is 0 Å². The number of hydrogen-bond donors (Lipinski definition) is 1. The van der Waals surface area contributed by atoms with Gasteiger partial charge in [0.05, 0.1) is 0 Å². The molecule has 5 heteroatoms. The maximum Gasteiger partial charge on any atom is 0.190 e. The minimum absolute atomic E-state index is 0.186. The van der Waals surface area contributed by atoms with Gasteiger partial charge < -0.3 is 24.2 Å². The van der Waals surface area contributed by atoms with E-state index >= 15 is 0 Å². The predicted octanol–water partition coefficient (Wildman–Crippen LogP) is 0.710. The van der Waals surface area contributed by atoms with Crippen LogP contribution >= 0.6 is 0 Å². The van der Waals surface area contributed by atoms with Crippen molar-refractivity contribution >= 4 is 0 Å². The van der Waals surface area contributed by atoms with Crippen molar-refractivity contribution in [2.24, 2.45) is 0 Å². The van der Waals surface area contributed by atoms with Gasteiger partial charge >= 0.3 is 0 Å². The standard InChI is InChI=1S/C13H23NO4/c1-13(2)17-11-10(15)9(16-12(11)18-13)8-14-6-4-3-5-7-14/h9-12,15H,3-8H2,1-2H3/t9-,10-,11+,12-/m1/s1. The summed E-state index contributed by atoms with van der Waals surface area (Å²) in [6.07, 6.45) is 2.29. The molecule has 0 radical (unpaired) electrons. The molecule has 18 heavy (non-hydrogen) atoms. The lowest BCUT2D eigenvalue weighted by Crippen LogP contribution is -2.43. The number of aliphatic hydroxyl groups excluding tert-OH is 1. The first-order valence-corrected chi connectivity index (χ1v) is 6.97. The van der Waals surface area contributed by atoms with E-state index in [1.54, 1.807) is 0 Å². The molecule has 0 aromatic rings. The Balaban J connectivity index is 1.57. The van der Waals surface area contributed by atoms with Crippen LogP contribution in [0.25, 0.3) is 0 Å². The van der Waals surface area contributed by atoms with Gasteiger partial charge in [0.2, 0.25) is 0 Å². The Hall–Kier alpha value is -0.200. The topological polar surface area (TPSA) is 51.2 Å². The van der Waals surface area contributed by atoms with Crippen LogP contribution in [0.5, 0.6) is 0 Å². The number of likely N-dealkylation sites (tertiary alicyclic amines) is 1. The second kappa shape index (κ2) is 4.72. The van der Waals surface area contributed by atoms with Crippen LogP contribution in [-0.4, -0.2) is 60.0 Å². The number of nitrogens with zero attached hydrogens (tertiary/aromatic N) is 1. The van der Waals surface area contributed by atoms with Gasteiger partial charge in [0.25, 0.3) is 0 Å². The first-order valence-electron chi connectivity index (χ1n) is 6.97. The molecule has 0 spiro atoms. The number of rotatable bonds is 2. The van der Waals surface area contributed by atoms with Crippen molar-refractivity contribution in [1.82, 2.24) is 4.90 Å². The molecule has 0 bridgehead atoms. The minimum Gasteiger partial charge on any atom is -0.387 e. The van der Waals surface area contributed by atoms with E-state index in [9.17, 15) is 5.11 Å². The van der Waals surface area contributed by atoms with Crippen LogP contribution in [0.3, 0.4) is 0 Å². The molecule has 3 aliphatic heterocycles. The Morgan fingerprint density at radius 2 is 1.89 bits per heavy atom. The van der Waals surface area contributed by atoms with Crippen molar-refractivity contribution in [1.29, 1.82) is 0 Å². The molecule has 104 valence electrons. The first kappa shape index (κ1) is 12.8. The van der Waals surface area contributed by atoms with E-state index in [-0.39, 0.29) is 12.2 Å². The Morgan fingerprint density at radius 1 is 1.17 bits per heavy atom. The van der Waals surface area contributed by atoms with Gasteiger partial charge in [-0.15, -0.1) is 0 Å². The van der Waals surface area contributed by atoms with Gasteiger partial charge in [-0.25, -0.2) is 0 Å². The Morgan fingerprint density at radius 3 is 2.56 bits per heavy atom. The fourth-order valence-corrected chi connectivity index (χ4v) is 3.11. The largest absolute Gasteiger partial charge is 0.387 e. The van der Waals surface area contributed by atoms with E-state index in [2.05, 4.69) is 4.90 Å². The summed E-state index contributed by atoms with van der Waals surface area (Å²) in [4.78, 5) is 2.36. The highest BCUT2D eigenvalue weighted by molar-refractivity contribution is 4.94. The summed E-state index contributed by atoms with van der Waals surface area (Å²) in [5.41, 5.74) is 0. The molecule has 1 N–H and O–H groups in total. The molecule has 3 heterocycles. The Kier molecular flexibility index (Phi) is 3.36. The minimum atomic E-state index is -0.646. The molecule has 3 aliphatic rings. The predicted molar refractivity (Wildman–Crippen MR) is 65.0 cm³/mol. The lowest BCUT2D eigenvalue weighted by molar-refractivity contribution is -0.216. The summed E-state index contributed by atoms with van der Waals surface area (Å²) < 4.78 is 17.1. The number of fused-ring (bicyclic) bond motifs is 1. The van der Waals surface area contributed by atoms with Gasteiger partial charge in [0.1, 0.15) is 18.3 Å². The van der Waals surface area contributed by atoms with E-state index < -0.39 is 18.2 Å². The zero-order valence-electron chi connectivity index (χ0n) is 11.2. The number of aliphatic hydroxyl groups is 1. The van der Waals surface area contributed by atoms with E-state index in [0.717, 1.165) is 19.6 Å². The smallest absolute Gasteiger partial charge is 0.190 e. The molecule has 0 unspecified atom stereocenters. The Bertz CT molecular complexity index is 303. The van der Waals surface area contributed by atoms with E-state index in [1.165, 1.54) is 19.3 Å². The van der Waals surface area contributed by atoms with Crippen molar-refractivity contribution < 1.29 is 19.3 Å². The summed E-state index contributed by atoms with van der Waals surface area (Å²) in [6, 6.07) is 0. The van der Waals surface area contributed by atoms with Gasteiger partial charge in [0, 0.05) is 6.54 Å². The van der Waals surface area contributed by atoms with E-state index in [1.807, 2.05) is 13.8 Å². The SMILES string of the molecule is CC1(C)O[C@H]2O[C@H](CN3CCCCC3)[C@@H](O)[C@@H]2O1. The normalized spacial score (nSPS) is 44.2. The molecule has 0 saturated carbocycles. The van der Waals surface area contributed by atoms with Gasteiger partial charge in [-0.2, -0.15) is 0 Å². The molecule has 5 nitrogen and oxygen atoms in total. The average Bonchev–Trinajstić information content (AvgIpc) is 2.76. The summed E-state index contributed by atoms with van der Waals surface area (Å²) in [6.45, 7) is 6.69. The second-order valence-corrected chi connectivity index (χ2v) is 5.99.